The topological polar surface area (TPSA) is 72.2 Å². The van der Waals surface area contributed by atoms with Gasteiger partial charge >= 0.3 is 0 Å². The van der Waals surface area contributed by atoms with Crippen molar-refractivity contribution in [1.29, 1.82) is 0 Å². The van der Waals surface area contributed by atoms with Crippen molar-refractivity contribution in [3.8, 4) is 0 Å². The van der Waals surface area contributed by atoms with Gasteiger partial charge in [-0.3, -0.25) is 9.59 Å². The van der Waals surface area contributed by atoms with Crippen LogP contribution in [0.25, 0.3) is 11.1 Å². The summed E-state index contributed by atoms with van der Waals surface area (Å²) in [4.78, 5) is 28.6. The number of nitrogens with zero attached hydrogens (tertiary/aromatic N) is 1. The molecule has 0 aliphatic heterocycles. The van der Waals surface area contributed by atoms with E-state index in [1.807, 2.05) is 26.0 Å². The number of amides is 1. The molecule has 0 spiro atoms. The standard InChI is InChI=1S/C18H16N2O3/c1-10-9-11(2)19-18-14(10)15(20-12(3)21)17(23-18)16(22)13-7-5-4-6-8-13/h4-9H,1-3H3,(H,20,21). The molecule has 0 aliphatic rings. The smallest absolute Gasteiger partial charge is 0.230 e. The summed E-state index contributed by atoms with van der Waals surface area (Å²) in [5, 5.41) is 3.37. The summed E-state index contributed by atoms with van der Waals surface area (Å²) in [6.07, 6.45) is 0. The lowest BCUT2D eigenvalue weighted by molar-refractivity contribution is -0.114. The third-order valence-corrected chi connectivity index (χ3v) is 3.53. The third kappa shape index (κ3) is 2.73. The second-order valence-corrected chi connectivity index (χ2v) is 5.44. The van der Waals surface area contributed by atoms with Gasteiger partial charge in [-0.05, 0) is 25.5 Å². The van der Waals surface area contributed by atoms with E-state index < -0.39 is 0 Å². The maximum atomic E-state index is 12.7. The Kier molecular flexibility index (Phi) is 3.70. The first kappa shape index (κ1) is 15.0. The number of ketones is 1. The van der Waals surface area contributed by atoms with Crippen LogP contribution < -0.4 is 5.32 Å². The number of carbonyl (C=O) groups is 2. The lowest BCUT2D eigenvalue weighted by Gasteiger charge is -2.04. The lowest BCUT2D eigenvalue weighted by Crippen LogP contribution is -2.10. The Hall–Kier alpha value is -2.95. The number of anilines is 1. The number of furan rings is 1. The van der Waals surface area contributed by atoms with Crippen LogP contribution in [-0.2, 0) is 4.79 Å². The molecule has 23 heavy (non-hydrogen) atoms. The van der Waals surface area contributed by atoms with Crippen LogP contribution in [-0.4, -0.2) is 16.7 Å². The van der Waals surface area contributed by atoms with Gasteiger partial charge in [-0.15, -0.1) is 0 Å². The summed E-state index contributed by atoms with van der Waals surface area (Å²) < 4.78 is 5.70. The van der Waals surface area contributed by atoms with E-state index in [2.05, 4.69) is 10.3 Å². The predicted molar refractivity (Wildman–Crippen MR) is 87.7 cm³/mol. The number of nitrogens with one attached hydrogen (secondary N) is 1. The van der Waals surface area contributed by atoms with Crippen molar-refractivity contribution < 1.29 is 14.0 Å². The summed E-state index contributed by atoms with van der Waals surface area (Å²) >= 11 is 0. The molecule has 5 nitrogen and oxygen atoms in total. The molecular weight excluding hydrogens is 292 g/mol. The van der Waals surface area contributed by atoms with Crippen LogP contribution in [0.1, 0.15) is 34.3 Å². The minimum Gasteiger partial charge on any atom is -0.432 e. The summed E-state index contributed by atoms with van der Waals surface area (Å²) in [5.74, 6) is -0.457. The van der Waals surface area contributed by atoms with Gasteiger partial charge < -0.3 is 9.73 Å². The summed E-state index contributed by atoms with van der Waals surface area (Å²) in [6, 6.07) is 10.7. The van der Waals surface area contributed by atoms with Crippen LogP contribution in [0.3, 0.4) is 0 Å². The largest absolute Gasteiger partial charge is 0.432 e. The molecule has 0 radical (unpaired) electrons. The van der Waals surface area contributed by atoms with E-state index in [4.69, 9.17) is 4.42 Å². The first-order valence-electron chi connectivity index (χ1n) is 7.25. The van der Waals surface area contributed by atoms with E-state index in [-0.39, 0.29) is 17.5 Å². The van der Waals surface area contributed by atoms with Crippen molar-refractivity contribution in [2.24, 2.45) is 0 Å². The SMILES string of the molecule is CC(=O)Nc1c(C(=O)c2ccccc2)oc2nc(C)cc(C)c12. The van der Waals surface area contributed by atoms with Crippen molar-refractivity contribution in [2.45, 2.75) is 20.8 Å². The van der Waals surface area contributed by atoms with E-state index in [9.17, 15) is 9.59 Å². The van der Waals surface area contributed by atoms with Crippen LogP contribution in [0.5, 0.6) is 0 Å². The highest BCUT2D eigenvalue weighted by atomic mass is 16.4. The molecule has 3 rings (SSSR count). The Bertz CT molecular complexity index is 911. The molecular formula is C18H16N2O3. The number of hydrogen-bond donors (Lipinski definition) is 1. The van der Waals surface area contributed by atoms with Crippen LogP contribution >= 0.6 is 0 Å². The monoisotopic (exact) mass is 308 g/mol. The van der Waals surface area contributed by atoms with Gasteiger partial charge in [0.05, 0.1) is 5.39 Å². The molecule has 5 heteroatoms. The Morgan fingerprint density at radius 1 is 1.13 bits per heavy atom. The summed E-state index contributed by atoms with van der Waals surface area (Å²) in [6.45, 7) is 5.15. The first-order valence-corrected chi connectivity index (χ1v) is 7.25. The van der Waals surface area contributed by atoms with Crippen molar-refractivity contribution in [2.75, 3.05) is 5.32 Å². The summed E-state index contributed by atoms with van der Waals surface area (Å²) in [7, 11) is 0. The molecule has 3 aromatic rings. The van der Waals surface area contributed by atoms with Crippen molar-refractivity contribution >= 4 is 28.5 Å². The number of rotatable bonds is 3. The average molecular weight is 308 g/mol. The Balaban J connectivity index is 2.25. The molecule has 0 unspecified atom stereocenters. The van der Waals surface area contributed by atoms with Gasteiger partial charge in [0.25, 0.3) is 0 Å². The average Bonchev–Trinajstić information content (AvgIpc) is 2.85. The minimum absolute atomic E-state index is 0.0996. The zero-order valence-corrected chi connectivity index (χ0v) is 13.1. The molecule has 0 saturated carbocycles. The molecule has 0 atom stereocenters. The van der Waals surface area contributed by atoms with Crippen LogP contribution in [0.4, 0.5) is 5.69 Å². The number of pyridine rings is 1. The maximum absolute atomic E-state index is 12.7. The fourth-order valence-corrected chi connectivity index (χ4v) is 2.62. The number of aryl methyl sites for hydroxylation is 2. The van der Waals surface area contributed by atoms with Gasteiger partial charge in [-0.2, -0.15) is 0 Å². The highest BCUT2D eigenvalue weighted by Gasteiger charge is 2.24. The molecule has 1 aromatic carbocycles. The zero-order chi connectivity index (χ0) is 16.6. The molecule has 2 aromatic heterocycles. The molecule has 0 saturated heterocycles. The van der Waals surface area contributed by atoms with Crippen molar-refractivity contribution in [1.82, 2.24) is 4.98 Å². The number of aromatic nitrogens is 1. The number of fused-ring (bicyclic) bond motifs is 1. The summed E-state index contributed by atoms with van der Waals surface area (Å²) in [5.41, 5.74) is 2.91. The Morgan fingerprint density at radius 2 is 1.83 bits per heavy atom. The molecule has 1 amide bonds. The number of carbonyl (C=O) groups excluding carboxylic acids is 2. The van der Waals surface area contributed by atoms with Gasteiger partial charge in [0.2, 0.25) is 23.2 Å². The third-order valence-electron chi connectivity index (χ3n) is 3.53. The number of hydrogen-bond acceptors (Lipinski definition) is 4. The van der Waals surface area contributed by atoms with Crippen LogP contribution in [0.2, 0.25) is 0 Å². The van der Waals surface area contributed by atoms with Crippen molar-refractivity contribution in [3.05, 3.63) is 59.0 Å². The maximum Gasteiger partial charge on any atom is 0.230 e. The second kappa shape index (κ2) is 5.68. The highest BCUT2D eigenvalue weighted by Crippen LogP contribution is 2.34. The van der Waals surface area contributed by atoms with E-state index >= 15 is 0 Å². The van der Waals surface area contributed by atoms with Gasteiger partial charge in [-0.1, -0.05) is 30.3 Å². The van der Waals surface area contributed by atoms with Crippen LogP contribution in [0, 0.1) is 13.8 Å². The fraction of sp³-hybridized carbons (Fsp3) is 0.167. The normalized spacial score (nSPS) is 10.7. The van der Waals surface area contributed by atoms with Crippen molar-refractivity contribution in [3.63, 3.8) is 0 Å². The fourth-order valence-electron chi connectivity index (χ4n) is 2.62. The molecule has 0 aliphatic carbocycles. The van der Waals surface area contributed by atoms with Gasteiger partial charge in [0.1, 0.15) is 5.69 Å². The minimum atomic E-state index is -0.288. The van der Waals surface area contributed by atoms with Gasteiger partial charge in [-0.25, -0.2) is 4.98 Å². The molecule has 0 bridgehead atoms. The number of benzene rings is 1. The highest BCUT2D eigenvalue weighted by molar-refractivity contribution is 6.17. The van der Waals surface area contributed by atoms with Gasteiger partial charge in [0, 0.05) is 18.2 Å². The first-order chi connectivity index (χ1) is 11.0. The molecule has 1 N–H and O–H groups in total. The van der Waals surface area contributed by atoms with E-state index in [0.717, 1.165) is 11.3 Å². The van der Waals surface area contributed by atoms with E-state index in [1.165, 1.54) is 6.92 Å². The van der Waals surface area contributed by atoms with E-state index in [0.29, 0.717) is 22.4 Å². The quantitative estimate of drug-likeness (QED) is 0.750. The Labute approximate surface area is 133 Å². The predicted octanol–water partition coefficient (Wildman–Crippen LogP) is 3.63. The molecule has 0 fully saturated rings. The Morgan fingerprint density at radius 3 is 2.48 bits per heavy atom. The van der Waals surface area contributed by atoms with Gasteiger partial charge in [0.15, 0.2) is 0 Å². The lowest BCUT2D eigenvalue weighted by atomic mass is 10.1. The molecule has 116 valence electrons. The van der Waals surface area contributed by atoms with E-state index in [1.54, 1.807) is 24.3 Å². The van der Waals surface area contributed by atoms with Crippen LogP contribution in [0.15, 0.2) is 40.8 Å². The second-order valence-electron chi connectivity index (χ2n) is 5.44. The molecule has 2 heterocycles. The zero-order valence-electron chi connectivity index (χ0n) is 13.1.